The molecule has 0 bridgehead atoms. The lowest BCUT2D eigenvalue weighted by Gasteiger charge is -2.29. The number of hydrogen-bond acceptors (Lipinski definition) is 2. The highest BCUT2D eigenvalue weighted by molar-refractivity contribution is 5.67. The maximum Gasteiger partial charge on any atom is 0.303 e. The Morgan fingerprint density at radius 3 is 1.86 bits per heavy atom. The molecule has 0 aromatic carbocycles. The average Bonchev–Trinajstić information content (AvgIpc) is 2.22. The van der Waals surface area contributed by atoms with Crippen LogP contribution in [0.4, 0.5) is 0 Å². The highest BCUT2D eigenvalue weighted by Crippen LogP contribution is 2.34. The highest BCUT2D eigenvalue weighted by Gasteiger charge is 2.23. The van der Waals surface area contributed by atoms with Gasteiger partial charge in [0.15, 0.2) is 0 Å². The van der Waals surface area contributed by atoms with Gasteiger partial charge >= 0.3 is 11.9 Å². The van der Waals surface area contributed by atoms with Gasteiger partial charge in [0.2, 0.25) is 0 Å². The van der Waals surface area contributed by atoms with Crippen LogP contribution in [0.2, 0.25) is 0 Å². The summed E-state index contributed by atoms with van der Waals surface area (Å²) in [6.07, 6.45) is 4.44. The van der Waals surface area contributed by atoms with E-state index in [1.54, 1.807) is 0 Å². The molecule has 21 heavy (non-hydrogen) atoms. The Kier molecular flexibility index (Phi) is 8.60. The van der Waals surface area contributed by atoms with Crippen molar-refractivity contribution in [2.75, 3.05) is 0 Å². The van der Waals surface area contributed by atoms with E-state index < -0.39 is 11.9 Å². The Hall–Kier alpha value is -1.06. The van der Waals surface area contributed by atoms with Crippen molar-refractivity contribution < 1.29 is 19.8 Å². The second-order valence-corrected chi connectivity index (χ2v) is 7.65. The van der Waals surface area contributed by atoms with Crippen LogP contribution in [0.5, 0.6) is 0 Å². The SMILES string of the molecule is CC(CCC(C)(C)CC(C)CC(=O)O)CC(C)CC(=O)O. The molecule has 4 nitrogen and oxygen atoms in total. The van der Waals surface area contributed by atoms with Gasteiger partial charge in [-0.3, -0.25) is 9.59 Å². The minimum atomic E-state index is -0.728. The number of hydrogen-bond donors (Lipinski definition) is 2. The molecule has 0 spiro atoms. The third kappa shape index (κ3) is 11.3. The van der Waals surface area contributed by atoms with E-state index in [0.717, 1.165) is 25.7 Å². The Labute approximate surface area is 128 Å². The summed E-state index contributed by atoms with van der Waals surface area (Å²) in [6.45, 7) is 10.5. The molecule has 0 rings (SSSR count). The fourth-order valence-corrected chi connectivity index (χ4v) is 3.24. The first-order valence-electron chi connectivity index (χ1n) is 7.95. The molecule has 2 N–H and O–H groups in total. The number of rotatable bonds is 11. The summed E-state index contributed by atoms with van der Waals surface area (Å²) in [5.74, 6) is -0.537. The van der Waals surface area contributed by atoms with Crippen molar-refractivity contribution in [1.82, 2.24) is 0 Å². The molecule has 3 atom stereocenters. The first-order chi connectivity index (χ1) is 9.51. The van der Waals surface area contributed by atoms with E-state index in [1.807, 2.05) is 13.8 Å². The van der Waals surface area contributed by atoms with Crippen molar-refractivity contribution in [2.45, 2.75) is 73.1 Å². The van der Waals surface area contributed by atoms with E-state index in [9.17, 15) is 9.59 Å². The first-order valence-corrected chi connectivity index (χ1v) is 7.95. The predicted octanol–water partition coefficient (Wildman–Crippen LogP) is 4.43. The van der Waals surface area contributed by atoms with Crippen LogP contribution in [-0.4, -0.2) is 22.2 Å². The van der Waals surface area contributed by atoms with E-state index in [1.165, 1.54) is 0 Å². The van der Waals surface area contributed by atoms with Gasteiger partial charge in [0, 0.05) is 12.8 Å². The predicted molar refractivity (Wildman–Crippen MR) is 84.2 cm³/mol. The third-order valence-corrected chi connectivity index (χ3v) is 4.07. The summed E-state index contributed by atoms with van der Waals surface area (Å²) >= 11 is 0. The number of carbonyl (C=O) groups is 2. The lowest BCUT2D eigenvalue weighted by atomic mass is 9.76. The van der Waals surface area contributed by atoms with E-state index in [4.69, 9.17) is 10.2 Å². The molecule has 0 aromatic rings. The van der Waals surface area contributed by atoms with Crippen LogP contribution >= 0.6 is 0 Å². The summed E-state index contributed by atoms with van der Waals surface area (Å²) in [4.78, 5) is 21.4. The van der Waals surface area contributed by atoms with Crippen molar-refractivity contribution in [2.24, 2.45) is 23.2 Å². The summed E-state index contributed by atoms with van der Waals surface area (Å²) in [5, 5.41) is 17.6. The van der Waals surface area contributed by atoms with Crippen molar-refractivity contribution >= 4 is 11.9 Å². The van der Waals surface area contributed by atoms with Crippen LogP contribution in [0.3, 0.4) is 0 Å². The van der Waals surface area contributed by atoms with Gasteiger partial charge in [-0.25, -0.2) is 0 Å². The zero-order chi connectivity index (χ0) is 16.6. The van der Waals surface area contributed by atoms with E-state index >= 15 is 0 Å². The standard InChI is InChI=1S/C17H32O4/c1-12(8-13(2)9-15(18)19)6-7-17(4,5)11-14(3)10-16(20)21/h12-14H,6-11H2,1-5H3,(H,18,19)(H,20,21). The smallest absolute Gasteiger partial charge is 0.303 e. The summed E-state index contributed by atoms with van der Waals surface area (Å²) in [6, 6.07) is 0. The van der Waals surface area contributed by atoms with Crippen LogP contribution in [0.1, 0.15) is 73.1 Å². The normalized spacial score (nSPS) is 16.2. The molecule has 0 heterocycles. The molecule has 0 aliphatic heterocycles. The van der Waals surface area contributed by atoms with Crippen molar-refractivity contribution in [3.63, 3.8) is 0 Å². The lowest BCUT2D eigenvalue weighted by Crippen LogP contribution is -2.19. The Morgan fingerprint density at radius 2 is 1.38 bits per heavy atom. The molecule has 0 saturated carbocycles. The highest BCUT2D eigenvalue weighted by atomic mass is 16.4. The second kappa shape index (κ2) is 9.06. The number of carboxylic acids is 2. The molecule has 0 aliphatic rings. The van der Waals surface area contributed by atoms with Gasteiger partial charge in [-0.05, 0) is 42.4 Å². The molecule has 124 valence electrons. The number of aliphatic carboxylic acids is 2. The largest absolute Gasteiger partial charge is 0.481 e. The summed E-state index contributed by atoms with van der Waals surface area (Å²) in [7, 11) is 0. The van der Waals surface area contributed by atoms with Crippen LogP contribution in [0.25, 0.3) is 0 Å². The zero-order valence-corrected chi connectivity index (χ0v) is 14.2. The fraction of sp³-hybridized carbons (Fsp3) is 0.882. The third-order valence-electron chi connectivity index (χ3n) is 4.07. The van der Waals surface area contributed by atoms with E-state index in [-0.39, 0.29) is 30.1 Å². The molecule has 0 amide bonds. The number of carboxylic acid groups (broad SMARTS) is 2. The maximum absolute atomic E-state index is 10.7. The molecular weight excluding hydrogens is 268 g/mol. The minimum Gasteiger partial charge on any atom is -0.481 e. The quantitative estimate of drug-likeness (QED) is 0.592. The summed E-state index contributed by atoms with van der Waals surface area (Å²) < 4.78 is 0. The zero-order valence-electron chi connectivity index (χ0n) is 14.2. The van der Waals surface area contributed by atoms with Crippen LogP contribution < -0.4 is 0 Å². The Bertz CT molecular complexity index is 336. The molecule has 0 aromatic heterocycles. The van der Waals surface area contributed by atoms with Gasteiger partial charge in [-0.2, -0.15) is 0 Å². The molecule has 3 unspecified atom stereocenters. The summed E-state index contributed by atoms with van der Waals surface area (Å²) in [5.41, 5.74) is 0.138. The minimum absolute atomic E-state index is 0.138. The molecule has 0 saturated heterocycles. The van der Waals surface area contributed by atoms with E-state index in [2.05, 4.69) is 20.8 Å². The van der Waals surface area contributed by atoms with Crippen molar-refractivity contribution in [3.05, 3.63) is 0 Å². The van der Waals surface area contributed by atoms with Gasteiger partial charge in [-0.1, -0.05) is 41.0 Å². The first kappa shape index (κ1) is 19.9. The fourth-order valence-electron chi connectivity index (χ4n) is 3.24. The monoisotopic (exact) mass is 300 g/mol. The van der Waals surface area contributed by atoms with Gasteiger partial charge in [0.1, 0.15) is 0 Å². The van der Waals surface area contributed by atoms with Crippen LogP contribution in [0.15, 0.2) is 0 Å². The van der Waals surface area contributed by atoms with Crippen molar-refractivity contribution in [3.8, 4) is 0 Å². The van der Waals surface area contributed by atoms with Crippen LogP contribution in [0, 0.1) is 23.2 Å². The average molecular weight is 300 g/mol. The Balaban J connectivity index is 4.11. The lowest BCUT2D eigenvalue weighted by molar-refractivity contribution is -0.139. The molecule has 4 heteroatoms. The van der Waals surface area contributed by atoms with Crippen LogP contribution in [-0.2, 0) is 9.59 Å². The topological polar surface area (TPSA) is 74.6 Å². The molecule has 0 fully saturated rings. The Morgan fingerprint density at radius 1 is 0.905 bits per heavy atom. The van der Waals surface area contributed by atoms with E-state index in [0.29, 0.717) is 5.92 Å². The van der Waals surface area contributed by atoms with Gasteiger partial charge in [-0.15, -0.1) is 0 Å². The molecular formula is C17H32O4. The van der Waals surface area contributed by atoms with Gasteiger partial charge in [0.05, 0.1) is 0 Å². The second-order valence-electron chi connectivity index (χ2n) is 7.65. The van der Waals surface area contributed by atoms with Crippen molar-refractivity contribution in [1.29, 1.82) is 0 Å². The van der Waals surface area contributed by atoms with Gasteiger partial charge < -0.3 is 10.2 Å². The maximum atomic E-state index is 10.7. The molecule has 0 aliphatic carbocycles. The van der Waals surface area contributed by atoms with Gasteiger partial charge in [0.25, 0.3) is 0 Å². The molecule has 0 radical (unpaired) electrons.